The fraction of sp³-hybridized carbons (Fsp3) is 0.280. The Morgan fingerprint density at radius 2 is 1.53 bits per heavy atom. The standard InChI is InChI=1S/C25H24N6O3/c32-22(33)12-16-6-9-20(10-7-16)34-25-27-14-19(15-28-25)21-11-8-18(13-26-21)24-29-23(30-31-24)17-4-2-1-3-5-17/h1-5,8,11,13-16,20H,6-7,9-10,12H2,(H,32,33)(H,29,30,31)/t16-,20-. The van der Waals surface area contributed by atoms with Crippen molar-refractivity contribution in [2.45, 2.75) is 38.2 Å². The molecule has 3 heterocycles. The highest BCUT2D eigenvalue weighted by Gasteiger charge is 2.24. The molecule has 5 rings (SSSR count). The van der Waals surface area contributed by atoms with E-state index in [1.165, 1.54) is 0 Å². The fourth-order valence-corrected chi connectivity index (χ4v) is 4.18. The summed E-state index contributed by atoms with van der Waals surface area (Å²) in [6.07, 6.45) is 8.73. The number of hydrogen-bond donors (Lipinski definition) is 2. The van der Waals surface area contributed by atoms with E-state index < -0.39 is 5.97 Å². The number of aromatic nitrogens is 6. The number of aliphatic carboxylic acids is 1. The van der Waals surface area contributed by atoms with Gasteiger partial charge in [-0.1, -0.05) is 30.3 Å². The van der Waals surface area contributed by atoms with Gasteiger partial charge in [0.2, 0.25) is 0 Å². The van der Waals surface area contributed by atoms with Crippen molar-refractivity contribution >= 4 is 5.97 Å². The summed E-state index contributed by atoms with van der Waals surface area (Å²) >= 11 is 0. The van der Waals surface area contributed by atoms with Crippen LogP contribution in [0.3, 0.4) is 0 Å². The lowest BCUT2D eigenvalue weighted by atomic mass is 9.85. The van der Waals surface area contributed by atoms with E-state index in [0.29, 0.717) is 17.7 Å². The van der Waals surface area contributed by atoms with Gasteiger partial charge in [0.05, 0.1) is 5.69 Å². The molecule has 0 unspecified atom stereocenters. The fourth-order valence-electron chi connectivity index (χ4n) is 4.18. The Labute approximate surface area is 196 Å². The molecule has 1 aromatic carbocycles. The molecule has 0 aliphatic heterocycles. The van der Waals surface area contributed by atoms with Gasteiger partial charge in [-0.2, -0.15) is 0 Å². The molecule has 1 saturated carbocycles. The first-order valence-electron chi connectivity index (χ1n) is 11.3. The number of pyridine rings is 1. The number of H-pyrrole nitrogens is 1. The summed E-state index contributed by atoms with van der Waals surface area (Å²) in [5.74, 6) is 0.856. The molecule has 1 aliphatic rings. The molecule has 0 spiro atoms. The number of rotatable bonds is 7. The predicted molar refractivity (Wildman–Crippen MR) is 125 cm³/mol. The minimum absolute atomic E-state index is 0.0241. The predicted octanol–water partition coefficient (Wildman–Crippen LogP) is 4.40. The van der Waals surface area contributed by atoms with E-state index >= 15 is 0 Å². The Bertz CT molecular complexity index is 1230. The van der Waals surface area contributed by atoms with Crippen LogP contribution in [0.25, 0.3) is 34.0 Å². The van der Waals surface area contributed by atoms with E-state index in [1.54, 1.807) is 18.6 Å². The van der Waals surface area contributed by atoms with Gasteiger partial charge in [-0.15, -0.1) is 10.2 Å². The quantitative estimate of drug-likeness (QED) is 0.419. The van der Waals surface area contributed by atoms with Crippen LogP contribution in [0, 0.1) is 5.92 Å². The normalized spacial score (nSPS) is 17.9. The highest BCUT2D eigenvalue weighted by atomic mass is 16.5. The highest BCUT2D eigenvalue weighted by Crippen LogP contribution is 2.29. The number of carboxylic acids is 1. The molecule has 2 N–H and O–H groups in total. The van der Waals surface area contributed by atoms with Crippen LogP contribution in [0.4, 0.5) is 0 Å². The maximum Gasteiger partial charge on any atom is 0.316 e. The molecule has 34 heavy (non-hydrogen) atoms. The van der Waals surface area contributed by atoms with Gasteiger partial charge in [0.15, 0.2) is 11.6 Å². The van der Waals surface area contributed by atoms with Crippen LogP contribution in [0.15, 0.2) is 61.1 Å². The number of carboxylic acid groups (broad SMARTS) is 1. The minimum Gasteiger partial charge on any atom is -0.481 e. The van der Waals surface area contributed by atoms with Gasteiger partial charge in [-0.3, -0.25) is 9.78 Å². The molecule has 1 aliphatic carbocycles. The third-order valence-electron chi connectivity index (χ3n) is 6.02. The molecule has 172 valence electrons. The van der Waals surface area contributed by atoms with E-state index in [1.807, 2.05) is 42.5 Å². The number of ether oxygens (including phenoxy) is 1. The Balaban J connectivity index is 1.20. The molecule has 9 heteroatoms. The second kappa shape index (κ2) is 9.78. The van der Waals surface area contributed by atoms with Crippen LogP contribution >= 0.6 is 0 Å². The van der Waals surface area contributed by atoms with Gasteiger partial charge in [0.1, 0.15) is 6.10 Å². The van der Waals surface area contributed by atoms with Crippen LogP contribution in [-0.2, 0) is 4.79 Å². The summed E-state index contributed by atoms with van der Waals surface area (Å²) in [5, 5.41) is 17.4. The number of nitrogens with one attached hydrogen (secondary N) is 1. The zero-order valence-corrected chi connectivity index (χ0v) is 18.5. The summed E-state index contributed by atoms with van der Waals surface area (Å²) in [6, 6.07) is 14.0. The topological polar surface area (TPSA) is 127 Å². The molecule has 0 amide bonds. The number of carbonyl (C=O) groups is 1. The summed E-state index contributed by atoms with van der Waals surface area (Å²) in [5.41, 5.74) is 3.33. The summed E-state index contributed by atoms with van der Waals surface area (Å²) < 4.78 is 5.91. The van der Waals surface area contributed by atoms with Crippen molar-refractivity contribution in [3.8, 4) is 40.0 Å². The summed E-state index contributed by atoms with van der Waals surface area (Å²) in [6.45, 7) is 0. The van der Waals surface area contributed by atoms with Gasteiger partial charge >= 0.3 is 12.0 Å². The molecule has 1 fully saturated rings. The van der Waals surface area contributed by atoms with Crippen molar-refractivity contribution in [3.63, 3.8) is 0 Å². The Morgan fingerprint density at radius 1 is 0.853 bits per heavy atom. The van der Waals surface area contributed by atoms with Gasteiger partial charge in [-0.25, -0.2) is 9.97 Å². The van der Waals surface area contributed by atoms with Crippen molar-refractivity contribution in [1.82, 2.24) is 30.1 Å². The zero-order valence-electron chi connectivity index (χ0n) is 18.5. The first-order valence-corrected chi connectivity index (χ1v) is 11.3. The van der Waals surface area contributed by atoms with Gasteiger partial charge < -0.3 is 14.8 Å². The number of benzene rings is 1. The lowest BCUT2D eigenvalue weighted by Crippen LogP contribution is -2.25. The van der Waals surface area contributed by atoms with Crippen molar-refractivity contribution in [2.75, 3.05) is 0 Å². The average molecular weight is 457 g/mol. The summed E-state index contributed by atoms with van der Waals surface area (Å²) in [7, 11) is 0. The SMILES string of the molecule is O=C(O)C[C@H]1CC[C@H](Oc2ncc(-c3ccc(-c4nnc(-c5ccccc5)[nH]4)cn3)cn2)CC1. The van der Waals surface area contributed by atoms with Crippen LogP contribution in [0.2, 0.25) is 0 Å². The number of aromatic amines is 1. The zero-order chi connectivity index (χ0) is 23.3. The summed E-state index contributed by atoms with van der Waals surface area (Å²) in [4.78, 5) is 27.3. The molecule has 9 nitrogen and oxygen atoms in total. The third-order valence-corrected chi connectivity index (χ3v) is 6.02. The second-order valence-corrected chi connectivity index (χ2v) is 8.43. The highest BCUT2D eigenvalue weighted by molar-refractivity contribution is 5.67. The molecular formula is C25H24N6O3. The maximum absolute atomic E-state index is 10.9. The van der Waals surface area contributed by atoms with Crippen LogP contribution in [0.5, 0.6) is 6.01 Å². The lowest BCUT2D eigenvalue weighted by molar-refractivity contribution is -0.138. The van der Waals surface area contributed by atoms with Crippen LogP contribution < -0.4 is 4.74 Å². The van der Waals surface area contributed by atoms with Crippen molar-refractivity contribution < 1.29 is 14.6 Å². The smallest absolute Gasteiger partial charge is 0.316 e. The molecule has 3 aromatic heterocycles. The largest absolute Gasteiger partial charge is 0.481 e. The van der Waals surface area contributed by atoms with Gasteiger partial charge in [-0.05, 0) is 43.7 Å². The Hall–Kier alpha value is -4.14. The molecule has 0 saturated heterocycles. The van der Waals surface area contributed by atoms with Crippen LogP contribution in [-0.4, -0.2) is 47.3 Å². The monoisotopic (exact) mass is 456 g/mol. The van der Waals surface area contributed by atoms with E-state index in [9.17, 15) is 4.79 Å². The van der Waals surface area contributed by atoms with Crippen molar-refractivity contribution in [2.24, 2.45) is 5.92 Å². The number of hydrogen-bond acceptors (Lipinski definition) is 7. The molecular weight excluding hydrogens is 432 g/mol. The first-order chi connectivity index (χ1) is 16.6. The molecule has 4 aromatic rings. The minimum atomic E-state index is -0.734. The average Bonchev–Trinajstić information content (AvgIpc) is 3.37. The maximum atomic E-state index is 10.9. The van der Waals surface area contributed by atoms with Gasteiger partial charge in [0, 0.05) is 41.7 Å². The lowest BCUT2D eigenvalue weighted by Gasteiger charge is -2.27. The van der Waals surface area contributed by atoms with E-state index in [4.69, 9.17) is 9.84 Å². The van der Waals surface area contributed by atoms with Crippen LogP contribution in [0.1, 0.15) is 32.1 Å². The Morgan fingerprint density at radius 3 is 2.18 bits per heavy atom. The van der Waals surface area contributed by atoms with E-state index in [-0.39, 0.29) is 18.4 Å². The third kappa shape index (κ3) is 5.09. The molecule has 0 atom stereocenters. The molecule has 0 radical (unpaired) electrons. The van der Waals surface area contributed by atoms with Crippen molar-refractivity contribution in [3.05, 3.63) is 61.1 Å². The first kappa shape index (κ1) is 21.7. The van der Waals surface area contributed by atoms with Gasteiger partial charge in [0.25, 0.3) is 0 Å². The Kier molecular flexibility index (Phi) is 6.24. The second-order valence-electron chi connectivity index (χ2n) is 8.43. The van der Waals surface area contributed by atoms with E-state index in [2.05, 4.69) is 30.1 Å². The number of nitrogens with zero attached hydrogens (tertiary/aromatic N) is 5. The molecule has 0 bridgehead atoms. The van der Waals surface area contributed by atoms with E-state index in [0.717, 1.165) is 48.1 Å². The van der Waals surface area contributed by atoms with Crippen molar-refractivity contribution in [1.29, 1.82) is 0 Å².